The van der Waals surface area contributed by atoms with Crippen LogP contribution in [0.15, 0.2) is 23.4 Å². The molecule has 0 atom stereocenters. The molecular weight excluding hydrogens is 142 g/mol. The first-order valence-electron chi connectivity index (χ1n) is 3.21. The van der Waals surface area contributed by atoms with Gasteiger partial charge in [-0.15, -0.1) is 0 Å². The second-order valence-corrected chi connectivity index (χ2v) is 2.31. The predicted molar refractivity (Wildman–Crippen MR) is 42.2 cm³/mol. The molecule has 11 heavy (non-hydrogen) atoms. The number of nitrogens with zero attached hydrogens (tertiary/aromatic N) is 1. The Bertz CT molecular complexity index is 281. The molecule has 0 heterocycles. The van der Waals surface area contributed by atoms with Gasteiger partial charge in [-0.1, -0.05) is 11.2 Å². The SMILES string of the molecule is Cc1ccc(C=NO)c(O)c1. The molecule has 0 saturated heterocycles. The van der Waals surface area contributed by atoms with Crippen molar-refractivity contribution in [3.63, 3.8) is 0 Å². The van der Waals surface area contributed by atoms with Crippen LogP contribution in [0.1, 0.15) is 11.1 Å². The van der Waals surface area contributed by atoms with E-state index < -0.39 is 0 Å². The highest BCUT2D eigenvalue weighted by atomic mass is 16.4. The van der Waals surface area contributed by atoms with Crippen LogP contribution in [0.5, 0.6) is 5.75 Å². The van der Waals surface area contributed by atoms with E-state index in [0.29, 0.717) is 5.56 Å². The lowest BCUT2D eigenvalue weighted by Crippen LogP contribution is -1.82. The fraction of sp³-hybridized carbons (Fsp3) is 0.125. The van der Waals surface area contributed by atoms with E-state index in [-0.39, 0.29) is 5.75 Å². The molecule has 0 aliphatic carbocycles. The molecule has 0 aliphatic rings. The molecule has 0 radical (unpaired) electrons. The second kappa shape index (κ2) is 3.05. The Balaban J connectivity index is 3.09. The van der Waals surface area contributed by atoms with Gasteiger partial charge < -0.3 is 10.3 Å². The molecule has 0 unspecified atom stereocenters. The summed E-state index contributed by atoms with van der Waals surface area (Å²) >= 11 is 0. The Morgan fingerprint density at radius 1 is 1.45 bits per heavy atom. The van der Waals surface area contributed by atoms with E-state index in [1.54, 1.807) is 12.1 Å². The third-order valence-corrected chi connectivity index (χ3v) is 1.38. The van der Waals surface area contributed by atoms with Crippen molar-refractivity contribution in [2.24, 2.45) is 5.16 Å². The number of oxime groups is 1. The largest absolute Gasteiger partial charge is 0.507 e. The highest BCUT2D eigenvalue weighted by molar-refractivity contribution is 5.82. The smallest absolute Gasteiger partial charge is 0.124 e. The summed E-state index contributed by atoms with van der Waals surface area (Å²) in [6.07, 6.45) is 1.19. The first kappa shape index (κ1) is 7.60. The first-order chi connectivity index (χ1) is 5.24. The zero-order valence-corrected chi connectivity index (χ0v) is 6.15. The van der Waals surface area contributed by atoms with Gasteiger partial charge >= 0.3 is 0 Å². The van der Waals surface area contributed by atoms with E-state index >= 15 is 0 Å². The van der Waals surface area contributed by atoms with Crippen molar-refractivity contribution < 1.29 is 10.3 Å². The van der Waals surface area contributed by atoms with Gasteiger partial charge in [0, 0.05) is 5.56 Å². The summed E-state index contributed by atoms with van der Waals surface area (Å²) in [6, 6.07) is 5.12. The molecule has 0 fully saturated rings. The normalized spacial score (nSPS) is 10.6. The highest BCUT2D eigenvalue weighted by Crippen LogP contribution is 2.15. The number of phenols is 1. The molecule has 0 amide bonds. The van der Waals surface area contributed by atoms with Gasteiger partial charge in [0.05, 0.1) is 6.21 Å². The molecular formula is C8H9NO2. The van der Waals surface area contributed by atoms with Gasteiger partial charge in [-0.25, -0.2) is 0 Å². The second-order valence-electron chi connectivity index (χ2n) is 2.31. The molecule has 58 valence electrons. The fourth-order valence-corrected chi connectivity index (χ4v) is 0.825. The van der Waals surface area contributed by atoms with Crippen molar-refractivity contribution in [2.75, 3.05) is 0 Å². The third kappa shape index (κ3) is 1.70. The van der Waals surface area contributed by atoms with Crippen LogP contribution < -0.4 is 0 Å². The van der Waals surface area contributed by atoms with Crippen LogP contribution in [-0.2, 0) is 0 Å². The minimum absolute atomic E-state index is 0.128. The number of aromatic hydroxyl groups is 1. The quantitative estimate of drug-likeness (QED) is 0.363. The number of phenolic OH excluding ortho intramolecular Hbond substituents is 1. The number of benzene rings is 1. The Hall–Kier alpha value is -1.51. The molecule has 1 aromatic carbocycles. The molecule has 3 nitrogen and oxygen atoms in total. The van der Waals surface area contributed by atoms with Crippen LogP contribution in [0.2, 0.25) is 0 Å². The first-order valence-corrected chi connectivity index (χ1v) is 3.21. The maximum Gasteiger partial charge on any atom is 0.124 e. The lowest BCUT2D eigenvalue weighted by Gasteiger charge is -1.97. The van der Waals surface area contributed by atoms with Crippen LogP contribution in [0.4, 0.5) is 0 Å². The van der Waals surface area contributed by atoms with Crippen molar-refractivity contribution >= 4 is 6.21 Å². The molecule has 3 heteroatoms. The van der Waals surface area contributed by atoms with E-state index in [1.165, 1.54) is 6.21 Å². The van der Waals surface area contributed by atoms with Crippen LogP contribution in [0.3, 0.4) is 0 Å². The Morgan fingerprint density at radius 3 is 2.73 bits per heavy atom. The number of hydrogen-bond donors (Lipinski definition) is 2. The molecule has 0 spiro atoms. The average Bonchev–Trinajstić information content (AvgIpc) is 1.95. The Morgan fingerprint density at radius 2 is 2.18 bits per heavy atom. The van der Waals surface area contributed by atoms with Crippen LogP contribution >= 0.6 is 0 Å². The van der Waals surface area contributed by atoms with Gasteiger partial charge in [0.1, 0.15) is 5.75 Å². The zero-order chi connectivity index (χ0) is 8.27. The molecule has 0 bridgehead atoms. The van der Waals surface area contributed by atoms with Gasteiger partial charge in [0.15, 0.2) is 0 Å². The van der Waals surface area contributed by atoms with E-state index in [4.69, 9.17) is 5.21 Å². The fourth-order valence-electron chi connectivity index (χ4n) is 0.825. The summed E-state index contributed by atoms with van der Waals surface area (Å²) in [5, 5.41) is 20.2. The minimum atomic E-state index is 0.128. The number of hydrogen-bond acceptors (Lipinski definition) is 3. The zero-order valence-electron chi connectivity index (χ0n) is 6.15. The van der Waals surface area contributed by atoms with Crippen molar-refractivity contribution in [1.29, 1.82) is 0 Å². The van der Waals surface area contributed by atoms with E-state index in [1.807, 2.05) is 13.0 Å². The summed E-state index contributed by atoms with van der Waals surface area (Å²) in [7, 11) is 0. The molecule has 1 rings (SSSR count). The van der Waals surface area contributed by atoms with Crippen molar-refractivity contribution in [2.45, 2.75) is 6.92 Å². The van der Waals surface area contributed by atoms with Gasteiger partial charge in [0.25, 0.3) is 0 Å². The molecule has 1 aromatic rings. The molecule has 2 N–H and O–H groups in total. The summed E-state index contributed by atoms with van der Waals surface area (Å²) in [6.45, 7) is 1.87. The monoisotopic (exact) mass is 151 g/mol. The van der Waals surface area contributed by atoms with E-state index in [0.717, 1.165) is 5.56 Å². The Kier molecular flexibility index (Phi) is 2.11. The summed E-state index contributed by atoms with van der Waals surface area (Å²) in [5.41, 5.74) is 1.48. The average molecular weight is 151 g/mol. The van der Waals surface area contributed by atoms with E-state index in [9.17, 15) is 5.11 Å². The standard InChI is InChI=1S/C8H9NO2/c1-6-2-3-7(5-9-11)8(10)4-6/h2-5,10-11H,1H3. The third-order valence-electron chi connectivity index (χ3n) is 1.38. The molecule has 0 saturated carbocycles. The summed E-state index contributed by atoms with van der Waals surface area (Å²) in [5.74, 6) is 0.128. The van der Waals surface area contributed by atoms with Crippen LogP contribution in [-0.4, -0.2) is 16.5 Å². The topological polar surface area (TPSA) is 52.8 Å². The van der Waals surface area contributed by atoms with Gasteiger partial charge in [-0.2, -0.15) is 0 Å². The number of aryl methyl sites for hydroxylation is 1. The Labute approximate surface area is 64.6 Å². The summed E-state index contributed by atoms with van der Waals surface area (Å²) < 4.78 is 0. The van der Waals surface area contributed by atoms with Crippen LogP contribution in [0, 0.1) is 6.92 Å². The highest BCUT2D eigenvalue weighted by Gasteiger charge is 1.96. The van der Waals surface area contributed by atoms with E-state index in [2.05, 4.69) is 5.16 Å². The van der Waals surface area contributed by atoms with Gasteiger partial charge in [0.2, 0.25) is 0 Å². The molecule has 0 aliphatic heterocycles. The molecule has 0 aromatic heterocycles. The van der Waals surface area contributed by atoms with Crippen molar-refractivity contribution in [3.8, 4) is 5.75 Å². The maximum atomic E-state index is 9.22. The van der Waals surface area contributed by atoms with Crippen molar-refractivity contribution in [3.05, 3.63) is 29.3 Å². The number of rotatable bonds is 1. The lowest BCUT2D eigenvalue weighted by molar-refractivity contribution is 0.321. The lowest BCUT2D eigenvalue weighted by atomic mass is 10.1. The summed E-state index contributed by atoms with van der Waals surface area (Å²) in [4.78, 5) is 0. The maximum absolute atomic E-state index is 9.22. The van der Waals surface area contributed by atoms with Crippen molar-refractivity contribution in [1.82, 2.24) is 0 Å². The van der Waals surface area contributed by atoms with Gasteiger partial charge in [-0.05, 0) is 24.6 Å². The van der Waals surface area contributed by atoms with Crippen LogP contribution in [0.25, 0.3) is 0 Å². The minimum Gasteiger partial charge on any atom is -0.507 e. The predicted octanol–water partition coefficient (Wildman–Crippen LogP) is 1.51. The van der Waals surface area contributed by atoms with Gasteiger partial charge in [-0.3, -0.25) is 0 Å².